The third-order valence-corrected chi connectivity index (χ3v) is 6.00. The molecule has 0 fully saturated rings. The highest BCUT2D eigenvalue weighted by Crippen LogP contribution is 2.23. The van der Waals surface area contributed by atoms with Gasteiger partial charge < -0.3 is 0 Å². The second-order valence-electron chi connectivity index (χ2n) is 6.88. The molecule has 0 saturated heterocycles. The van der Waals surface area contributed by atoms with Crippen molar-refractivity contribution in [3.8, 4) is 5.69 Å². The van der Waals surface area contributed by atoms with Crippen molar-refractivity contribution < 1.29 is 4.92 Å². The average molecular weight is 588 g/mol. The first-order valence-corrected chi connectivity index (χ1v) is 11.1. The molecule has 8 heteroatoms. The van der Waals surface area contributed by atoms with Gasteiger partial charge >= 0.3 is 0 Å². The predicted octanol–water partition coefficient (Wildman–Crippen LogP) is 6.14. The zero-order chi connectivity index (χ0) is 22.1. The SMILES string of the molecule is Cc1ccc(-n2c(/C=C/c3ccc(Br)cc3)nc3ccc(I)cc3c2=O)cc1[N+](=O)[O-]. The van der Waals surface area contributed by atoms with Gasteiger partial charge in [0, 0.05) is 19.7 Å². The van der Waals surface area contributed by atoms with Gasteiger partial charge in [0.05, 0.1) is 21.5 Å². The molecule has 0 radical (unpaired) electrons. The van der Waals surface area contributed by atoms with Gasteiger partial charge in [0.1, 0.15) is 5.82 Å². The molecule has 0 unspecified atom stereocenters. The Morgan fingerprint density at radius 1 is 1.06 bits per heavy atom. The standard InChI is InChI=1S/C23H15BrIN3O3/c1-14-2-9-18(13-21(14)28(30)31)27-22(11-5-15-3-6-16(24)7-4-15)26-20-10-8-17(25)12-19(20)23(27)29/h2-13H,1H3/b11-5+. The molecule has 1 aromatic heterocycles. The predicted molar refractivity (Wildman–Crippen MR) is 135 cm³/mol. The lowest BCUT2D eigenvalue weighted by Crippen LogP contribution is -2.22. The Kier molecular flexibility index (Phi) is 6.01. The van der Waals surface area contributed by atoms with E-state index in [1.165, 1.54) is 10.6 Å². The molecule has 0 amide bonds. The maximum Gasteiger partial charge on any atom is 0.274 e. The van der Waals surface area contributed by atoms with E-state index in [-0.39, 0.29) is 11.2 Å². The third kappa shape index (κ3) is 4.45. The van der Waals surface area contributed by atoms with Gasteiger partial charge in [0.2, 0.25) is 0 Å². The molecular weight excluding hydrogens is 573 g/mol. The van der Waals surface area contributed by atoms with E-state index in [0.717, 1.165) is 13.6 Å². The molecule has 3 aromatic carbocycles. The summed E-state index contributed by atoms with van der Waals surface area (Å²) in [5.74, 6) is 0.389. The van der Waals surface area contributed by atoms with E-state index in [9.17, 15) is 14.9 Å². The number of nitro groups is 1. The summed E-state index contributed by atoms with van der Waals surface area (Å²) in [6, 6.07) is 17.9. The molecule has 0 aliphatic carbocycles. The highest BCUT2D eigenvalue weighted by atomic mass is 127. The van der Waals surface area contributed by atoms with Crippen LogP contribution < -0.4 is 5.56 Å². The molecule has 0 saturated carbocycles. The van der Waals surface area contributed by atoms with Gasteiger partial charge in [-0.05, 0) is 77.6 Å². The van der Waals surface area contributed by atoms with Crippen LogP contribution in [0.5, 0.6) is 0 Å². The summed E-state index contributed by atoms with van der Waals surface area (Å²) in [5, 5.41) is 11.9. The Balaban J connectivity index is 1.97. The molecule has 0 N–H and O–H groups in total. The van der Waals surface area contributed by atoms with E-state index >= 15 is 0 Å². The maximum atomic E-state index is 13.4. The number of aromatic nitrogens is 2. The fourth-order valence-electron chi connectivity index (χ4n) is 3.21. The number of hydrogen-bond acceptors (Lipinski definition) is 4. The Bertz CT molecular complexity index is 1410. The van der Waals surface area contributed by atoms with Crippen molar-refractivity contribution in [1.82, 2.24) is 9.55 Å². The first kappa shape index (κ1) is 21.4. The van der Waals surface area contributed by atoms with E-state index in [1.807, 2.05) is 36.4 Å². The van der Waals surface area contributed by atoms with Crippen molar-refractivity contribution in [3.63, 3.8) is 0 Å². The van der Waals surface area contributed by atoms with Crippen LogP contribution in [0.15, 0.2) is 69.9 Å². The van der Waals surface area contributed by atoms with Gasteiger partial charge in [-0.3, -0.25) is 19.5 Å². The van der Waals surface area contributed by atoms with Crippen LogP contribution in [0, 0.1) is 20.6 Å². The Hall–Kier alpha value is -2.85. The topological polar surface area (TPSA) is 78.0 Å². The monoisotopic (exact) mass is 587 g/mol. The van der Waals surface area contributed by atoms with E-state index in [2.05, 4.69) is 43.5 Å². The fourth-order valence-corrected chi connectivity index (χ4v) is 3.97. The van der Waals surface area contributed by atoms with Crippen LogP contribution in [0.4, 0.5) is 5.69 Å². The van der Waals surface area contributed by atoms with Gasteiger partial charge in [0.15, 0.2) is 0 Å². The summed E-state index contributed by atoms with van der Waals surface area (Å²) < 4.78 is 3.29. The van der Waals surface area contributed by atoms with Gasteiger partial charge in [-0.15, -0.1) is 0 Å². The van der Waals surface area contributed by atoms with Crippen molar-refractivity contribution in [2.45, 2.75) is 6.92 Å². The molecular formula is C23H15BrIN3O3. The molecule has 0 bridgehead atoms. The minimum Gasteiger partial charge on any atom is -0.268 e. The number of rotatable bonds is 4. The summed E-state index contributed by atoms with van der Waals surface area (Å²) in [4.78, 5) is 29.1. The molecule has 4 rings (SSSR count). The Morgan fingerprint density at radius 3 is 2.52 bits per heavy atom. The minimum atomic E-state index is -0.446. The smallest absolute Gasteiger partial charge is 0.268 e. The van der Waals surface area contributed by atoms with E-state index in [4.69, 9.17) is 0 Å². The molecule has 6 nitrogen and oxygen atoms in total. The third-order valence-electron chi connectivity index (χ3n) is 4.80. The first-order chi connectivity index (χ1) is 14.8. The zero-order valence-electron chi connectivity index (χ0n) is 16.3. The lowest BCUT2D eigenvalue weighted by Gasteiger charge is -2.12. The maximum absolute atomic E-state index is 13.4. The first-order valence-electron chi connectivity index (χ1n) is 9.25. The minimum absolute atomic E-state index is 0.0463. The highest BCUT2D eigenvalue weighted by molar-refractivity contribution is 14.1. The number of nitro benzene ring substituents is 1. The van der Waals surface area contributed by atoms with Crippen molar-refractivity contribution in [2.75, 3.05) is 0 Å². The van der Waals surface area contributed by atoms with Gasteiger partial charge in [-0.25, -0.2) is 4.98 Å². The molecule has 4 aromatic rings. The number of hydrogen-bond donors (Lipinski definition) is 0. The molecule has 0 atom stereocenters. The van der Waals surface area contributed by atoms with E-state index in [1.54, 1.807) is 37.3 Å². The molecule has 1 heterocycles. The van der Waals surface area contributed by atoms with Crippen LogP contribution in [0.25, 0.3) is 28.7 Å². The number of nitrogens with zero attached hydrogens (tertiary/aromatic N) is 3. The summed E-state index contributed by atoms with van der Waals surface area (Å²) in [5.41, 5.74) is 2.09. The van der Waals surface area contributed by atoms with Crippen molar-refractivity contribution in [3.05, 3.63) is 106 Å². The lowest BCUT2D eigenvalue weighted by molar-refractivity contribution is -0.385. The number of halogens is 2. The fraction of sp³-hybridized carbons (Fsp3) is 0.0435. The van der Waals surface area contributed by atoms with Crippen LogP contribution in [0.2, 0.25) is 0 Å². The second-order valence-corrected chi connectivity index (χ2v) is 9.05. The van der Waals surface area contributed by atoms with Crippen molar-refractivity contribution >= 4 is 67.3 Å². The largest absolute Gasteiger partial charge is 0.274 e. The molecule has 0 aliphatic heterocycles. The van der Waals surface area contributed by atoms with Gasteiger partial charge in [0.25, 0.3) is 11.2 Å². The van der Waals surface area contributed by atoms with Crippen LogP contribution in [-0.2, 0) is 0 Å². The number of benzene rings is 3. The van der Waals surface area contributed by atoms with Crippen LogP contribution in [0.3, 0.4) is 0 Å². The van der Waals surface area contributed by atoms with Crippen molar-refractivity contribution in [2.24, 2.45) is 0 Å². The van der Waals surface area contributed by atoms with Gasteiger partial charge in [-0.1, -0.05) is 40.2 Å². The summed E-state index contributed by atoms with van der Waals surface area (Å²) in [6.45, 7) is 1.67. The molecule has 154 valence electrons. The Labute approximate surface area is 199 Å². The van der Waals surface area contributed by atoms with Gasteiger partial charge in [-0.2, -0.15) is 0 Å². The molecule has 0 spiro atoms. The van der Waals surface area contributed by atoms with Crippen LogP contribution in [-0.4, -0.2) is 14.5 Å². The van der Waals surface area contributed by atoms with E-state index < -0.39 is 4.92 Å². The lowest BCUT2D eigenvalue weighted by atomic mass is 10.1. The van der Waals surface area contributed by atoms with Crippen LogP contribution in [0.1, 0.15) is 17.0 Å². The molecule has 0 aliphatic rings. The summed E-state index contributed by atoms with van der Waals surface area (Å²) in [7, 11) is 0. The quantitative estimate of drug-likeness (QED) is 0.163. The van der Waals surface area contributed by atoms with Crippen LogP contribution >= 0.6 is 38.5 Å². The number of aryl methyl sites for hydroxylation is 1. The summed E-state index contributed by atoms with van der Waals surface area (Å²) >= 11 is 5.55. The molecule has 31 heavy (non-hydrogen) atoms. The van der Waals surface area contributed by atoms with E-state index in [0.29, 0.717) is 28.0 Å². The van der Waals surface area contributed by atoms with Crippen molar-refractivity contribution in [1.29, 1.82) is 0 Å². The second kappa shape index (κ2) is 8.72. The zero-order valence-corrected chi connectivity index (χ0v) is 20.0. The Morgan fingerprint density at radius 2 is 1.81 bits per heavy atom. The summed E-state index contributed by atoms with van der Waals surface area (Å²) in [6.07, 6.45) is 3.60. The highest BCUT2D eigenvalue weighted by Gasteiger charge is 2.16. The average Bonchev–Trinajstić information content (AvgIpc) is 2.74. The number of fused-ring (bicyclic) bond motifs is 1. The normalized spacial score (nSPS) is 11.3.